The molecule has 1 N–H and O–H groups in total. The van der Waals surface area contributed by atoms with Crippen molar-refractivity contribution < 1.29 is 4.74 Å². The lowest BCUT2D eigenvalue weighted by molar-refractivity contribution is -0.0857. The summed E-state index contributed by atoms with van der Waals surface area (Å²) >= 11 is 0. The van der Waals surface area contributed by atoms with Crippen LogP contribution in [0.3, 0.4) is 0 Å². The lowest BCUT2D eigenvalue weighted by atomic mass is 9.63. The molecule has 2 nitrogen and oxygen atoms in total. The van der Waals surface area contributed by atoms with E-state index >= 15 is 0 Å². The fourth-order valence-corrected chi connectivity index (χ4v) is 2.64. The van der Waals surface area contributed by atoms with E-state index in [1.807, 2.05) is 0 Å². The molecule has 0 amide bonds. The number of nitrogens with one attached hydrogen (secondary N) is 1. The molecule has 1 aliphatic carbocycles. The fraction of sp³-hybridized carbons (Fsp3) is 1.00. The highest BCUT2D eigenvalue weighted by Gasteiger charge is 2.44. The molecule has 1 saturated heterocycles. The summed E-state index contributed by atoms with van der Waals surface area (Å²) in [6, 6.07) is 0. The van der Waals surface area contributed by atoms with Crippen LogP contribution >= 0.6 is 0 Å². The molecule has 0 radical (unpaired) electrons. The van der Waals surface area contributed by atoms with Crippen LogP contribution in [0.15, 0.2) is 0 Å². The van der Waals surface area contributed by atoms with Gasteiger partial charge in [-0.2, -0.15) is 0 Å². The zero-order chi connectivity index (χ0) is 8.44. The van der Waals surface area contributed by atoms with Crippen LogP contribution in [-0.2, 0) is 4.74 Å². The van der Waals surface area contributed by atoms with Crippen molar-refractivity contribution >= 4 is 0 Å². The predicted octanol–water partition coefficient (Wildman–Crippen LogP) is 1.56. The van der Waals surface area contributed by atoms with Gasteiger partial charge in [0, 0.05) is 13.2 Å². The molecular formula is C10H19NO. The molecule has 0 atom stereocenters. The predicted molar refractivity (Wildman–Crippen MR) is 49.2 cm³/mol. The fourth-order valence-electron chi connectivity index (χ4n) is 2.64. The molecule has 0 unspecified atom stereocenters. The van der Waals surface area contributed by atoms with Crippen molar-refractivity contribution in [1.82, 2.24) is 5.32 Å². The van der Waals surface area contributed by atoms with Crippen molar-refractivity contribution in [3.8, 4) is 0 Å². The van der Waals surface area contributed by atoms with E-state index in [9.17, 15) is 0 Å². The summed E-state index contributed by atoms with van der Waals surface area (Å²) in [5, 5.41) is 3.48. The van der Waals surface area contributed by atoms with Crippen molar-refractivity contribution in [3.63, 3.8) is 0 Å². The second-order valence-corrected chi connectivity index (χ2v) is 4.27. The van der Waals surface area contributed by atoms with Crippen LogP contribution in [-0.4, -0.2) is 25.8 Å². The van der Waals surface area contributed by atoms with Gasteiger partial charge < -0.3 is 10.1 Å². The largest absolute Gasteiger partial charge is 0.378 e. The van der Waals surface area contributed by atoms with Crippen LogP contribution < -0.4 is 5.32 Å². The monoisotopic (exact) mass is 169 g/mol. The lowest BCUT2D eigenvalue weighted by Crippen LogP contribution is -2.51. The van der Waals surface area contributed by atoms with Crippen LogP contribution in [0.25, 0.3) is 0 Å². The summed E-state index contributed by atoms with van der Waals surface area (Å²) in [7, 11) is 0. The number of hydrogen-bond donors (Lipinski definition) is 1. The summed E-state index contributed by atoms with van der Waals surface area (Å²) in [4.78, 5) is 0. The summed E-state index contributed by atoms with van der Waals surface area (Å²) < 4.78 is 5.58. The second kappa shape index (κ2) is 3.35. The van der Waals surface area contributed by atoms with Crippen molar-refractivity contribution in [3.05, 3.63) is 0 Å². The quantitative estimate of drug-likeness (QED) is 0.677. The third-order valence-electron chi connectivity index (χ3n) is 3.28. The Hall–Kier alpha value is -0.0800. The van der Waals surface area contributed by atoms with Gasteiger partial charge in [0.2, 0.25) is 0 Å². The van der Waals surface area contributed by atoms with Gasteiger partial charge in [-0.1, -0.05) is 0 Å². The topological polar surface area (TPSA) is 21.3 Å². The van der Waals surface area contributed by atoms with Gasteiger partial charge in [0.1, 0.15) is 0 Å². The zero-order valence-electron chi connectivity index (χ0n) is 7.94. The Bertz CT molecular complexity index is 144. The highest BCUT2D eigenvalue weighted by atomic mass is 16.5. The van der Waals surface area contributed by atoms with E-state index in [1.165, 1.54) is 38.8 Å². The molecule has 2 fully saturated rings. The second-order valence-electron chi connectivity index (χ2n) is 4.27. The Morgan fingerprint density at radius 1 is 1.50 bits per heavy atom. The molecule has 12 heavy (non-hydrogen) atoms. The zero-order valence-corrected chi connectivity index (χ0v) is 7.94. The molecule has 0 aromatic carbocycles. The first kappa shape index (κ1) is 8.52. The Morgan fingerprint density at radius 3 is 2.92 bits per heavy atom. The van der Waals surface area contributed by atoms with E-state index in [-0.39, 0.29) is 0 Å². The molecule has 0 bridgehead atoms. The number of hydrogen-bond acceptors (Lipinski definition) is 2. The number of piperidine rings is 1. The molecular weight excluding hydrogens is 150 g/mol. The molecule has 1 saturated carbocycles. The smallest absolute Gasteiger partial charge is 0.0586 e. The molecule has 1 aliphatic heterocycles. The molecule has 1 heterocycles. The van der Waals surface area contributed by atoms with E-state index < -0.39 is 0 Å². The van der Waals surface area contributed by atoms with Gasteiger partial charge >= 0.3 is 0 Å². The van der Waals surface area contributed by atoms with Gasteiger partial charge in [-0.05, 0) is 44.6 Å². The SMILES string of the molecule is CCOC1CC2(CCCNC2)C1. The van der Waals surface area contributed by atoms with E-state index in [1.54, 1.807) is 0 Å². The van der Waals surface area contributed by atoms with E-state index in [4.69, 9.17) is 4.74 Å². The van der Waals surface area contributed by atoms with Crippen LogP contribution in [0.2, 0.25) is 0 Å². The average molecular weight is 169 g/mol. The Kier molecular flexibility index (Phi) is 2.37. The first-order valence-electron chi connectivity index (χ1n) is 5.17. The maximum absolute atomic E-state index is 5.58. The van der Waals surface area contributed by atoms with Crippen LogP contribution in [0.5, 0.6) is 0 Å². The van der Waals surface area contributed by atoms with Gasteiger partial charge in [-0.15, -0.1) is 0 Å². The van der Waals surface area contributed by atoms with Gasteiger partial charge in [-0.3, -0.25) is 0 Å². The van der Waals surface area contributed by atoms with Crippen molar-refractivity contribution in [2.45, 2.75) is 38.7 Å². The third-order valence-corrected chi connectivity index (χ3v) is 3.28. The minimum Gasteiger partial charge on any atom is -0.378 e. The summed E-state index contributed by atoms with van der Waals surface area (Å²) in [5.41, 5.74) is 0.637. The van der Waals surface area contributed by atoms with Gasteiger partial charge in [0.15, 0.2) is 0 Å². The lowest BCUT2D eigenvalue weighted by Gasteiger charge is -2.49. The highest BCUT2D eigenvalue weighted by Crippen LogP contribution is 2.47. The van der Waals surface area contributed by atoms with E-state index in [2.05, 4.69) is 12.2 Å². The number of ether oxygens (including phenoxy) is 1. The summed E-state index contributed by atoms with van der Waals surface area (Å²) in [6.45, 7) is 5.43. The molecule has 70 valence electrons. The van der Waals surface area contributed by atoms with Crippen molar-refractivity contribution in [2.75, 3.05) is 19.7 Å². The first-order valence-corrected chi connectivity index (χ1v) is 5.17. The van der Waals surface area contributed by atoms with Gasteiger partial charge in [0.05, 0.1) is 6.10 Å². The minimum absolute atomic E-state index is 0.579. The van der Waals surface area contributed by atoms with Crippen molar-refractivity contribution in [2.24, 2.45) is 5.41 Å². The molecule has 2 aliphatic rings. The maximum atomic E-state index is 5.58. The Labute approximate surface area is 74.7 Å². The summed E-state index contributed by atoms with van der Waals surface area (Å²) in [6.07, 6.45) is 5.96. The number of rotatable bonds is 2. The maximum Gasteiger partial charge on any atom is 0.0586 e. The summed E-state index contributed by atoms with van der Waals surface area (Å²) in [5.74, 6) is 0. The molecule has 2 heteroatoms. The van der Waals surface area contributed by atoms with Crippen LogP contribution in [0.1, 0.15) is 32.6 Å². The molecule has 0 aromatic heterocycles. The molecule has 2 rings (SSSR count). The Morgan fingerprint density at radius 2 is 2.33 bits per heavy atom. The highest BCUT2D eigenvalue weighted by molar-refractivity contribution is 4.97. The van der Waals surface area contributed by atoms with Gasteiger partial charge in [-0.25, -0.2) is 0 Å². The van der Waals surface area contributed by atoms with E-state index in [0.29, 0.717) is 11.5 Å². The Balaban J connectivity index is 1.77. The minimum atomic E-state index is 0.579. The molecule has 1 spiro atoms. The molecule has 0 aromatic rings. The average Bonchev–Trinajstić information content (AvgIpc) is 2.04. The third kappa shape index (κ3) is 1.50. The first-order chi connectivity index (χ1) is 5.85. The van der Waals surface area contributed by atoms with Gasteiger partial charge in [0.25, 0.3) is 0 Å². The van der Waals surface area contributed by atoms with Crippen LogP contribution in [0, 0.1) is 5.41 Å². The normalized spacial score (nSPS) is 41.2. The van der Waals surface area contributed by atoms with Crippen LogP contribution in [0.4, 0.5) is 0 Å². The van der Waals surface area contributed by atoms with E-state index in [0.717, 1.165) is 6.61 Å². The van der Waals surface area contributed by atoms with Crippen molar-refractivity contribution in [1.29, 1.82) is 0 Å². The standard InChI is InChI=1S/C10H19NO/c1-2-12-9-6-10(7-9)4-3-5-11-8-10/h9,11H,2-8H2,1H3.